The van der Waals surface area contributed by atoms with E-state index in [0.29, 0.717) is 30.1 Å². The van der Waals surface area contributed by atoms with Gasteiger partial charge in [-0.2, -0.15) is 0 Å². The topological polar surface area (TPSA) is 57.6 Å². The van der Waals surface area contributed by atoms with Crippen molar-refractivity contribution in [1.82, 2.24) is 4.90 Å². The Morgan fingerprint density at radius 3 is 2.53 bits per heavy atom. The monoisotopic (exact) mass is 305 g/mol. The van der Waals surface area contributed by atoms with Gasteiger partial charge in [-0.3, -0.25) is 0 Å². The molecule has 0 amide bonds. The van der Waals surface area contributed by atoms with Crippen LogP contribution in [0.5, 0.6) is 0 Å². The lowest BCUT2D eigenvalue weighted by molar-refractivity contribution is 0.150. The fourth-order valence-electron chi connectivity index (χ4n) is 1.68. The summed E-state index contributed by atoms with van der Waals surface area (Å²) in [5.74, 6) is 0.131. The summed E-state index contributed by atoms with van der Waals surface area (Å²) in [6, 6.07) is 7.19. The lowest BCUT2D eigenvalue weighted by Crippen LogP contribution is -2.27. The van der Waals surface area contributed by atoms with Crippen molar-refractivity contribution in [2.75, 3.05) is 32.1 Å². The molecule has 0 saturated carbocycles. The average molecular weight is 306 g/mol. The minimum atomic E-state index is -2.94. The molecule has 0 bridgehead atoms. The minimum Gasteiger partial charge on any atom is -0.388 e. The van der Waals surface area contributed by atoms with Crippen LogP contribution in [-0.4, -0.2) is 50.6 Å². The summed E-state index contributed by atoms with van der Waals surface area (Å²) in [5, 5.41) is 10.6. The Kier molecular flexibility index (Phi) is 6.26. The molecule has 0 aliphatic rings. The predicted molar refractivity (Wildman–Crippen MR) is 78.2 cm³/mol. The maximum atomic E-state index is 11.0. The molecule has 19 heavy (non-hydrogen) atoms. The molecule has 0 saturated heterocycles. The van der Waals surface area contributed by atoms with Crippen LogP contribution in [0.3, 0.4) is 0 Å². The van der Waals surface area contributed by atoms with Gasteiger partial charge in [0.1, 0.15) is 9.84 Å². The van der Waals surface area contributed by atoms with Gasteiger partial charge in [0.2, 0.25) is 0 Å². The number of aliphatic hydroxyl groups is 1. The molecule has 1 aromatic rings. The molecular formula is C13H20ClNO3S. The first-order chi connectivity index (χ1) is 8.79. The van der Waals surface area contributed by atoms with E-state index in [1.807, 2.05) is 24.1 Å². The quantitative estimate of drug-likeness (QED) is 0.833. The Bertz CT molecular complexity index is 504. The normalized spacial score (nSPS) is 13.7. The van der Waals surface area contributed by atoms with Crippen molar-refractivity contribution < 1.29 is 13.5 Å². The number of aliphatic hydroxyl groups excluding tert-OH is 1. The maximum Gasteiger partial charge on any atom is 0.148 e. The average Bonchev–Trinajstić information content (AvgIpc) is 2.33. The van der Waals surface area contributed by atoms with Crippen LogP contribution < -0.4 is 0 Å². The van der Waals surface area contributed by atoms with E-state index in [0.717, 1.165) is 0 Å². The number of hydrogen-bond acceptors (Lipinski definition) is 4. The summed E-state index contributed by atoms with van der Waals surface area (Å²) in [6.45, 7) is 1.08. The van der Waals surface area contributed by atoms with Crippen molar-refractivity contribution in [2.45, 2.75) is 12.5 Å². The highest BCUT2D eigenvalue weighted by Crippen LogP contribution is 2.24. The fourth-order valence-corrected chi connectivity index (χ4v) is 2.58. The highest BCUT2D eigenvalue weighted by atomic mass is 35.5. The van der Waals surface area contributed by atoms with Gasteiger partial charge in [-0.1, -0.05) is 29.8 Å². The first-order valence-corrected chi connectivity index (χ1v) is 8.52. The Labute approximate surface area is 119 Å². The molecule has 6 heteroatoms. The predicted octanol–water partition coefficient (Wildman–Crippen LogP) is 1.74. The SMILES string of the molecule is CN(CCC(O)c1ccccc1Cl)CCS(C)(=O)=O. The Balaban J connectivity index is 2.42. The molecule has 1 atom stereocenters. The second kappa shape index (κ2) is 7.24. The lowest BCUT2D eigenvalue weighted by atomic mass is 10.1. The molecule has 1 rings (SSSR count). The van der Waals surface area contributed by atoms with Crippen LogP contribution in [0.4, 0.5) is 0 Å². The van der Waals surface area contributed by atoms with Gasteiger partial charge in [-0.25, -0.2) is 8.42 Å². The Hall–Kier alpha value is -0.620. The van der Waals surface area contributed by atoms with Crippen molar-refractivity contribution in [1.29, 1.82) is 0 Å². The number of nitrogens with zero attached hydrogens (tertiary/aromatic N) is 1. The van der Waals surface area contributed by atoms with E-state index in [9.17, 15) is 13.5 Å². The highest BCUT2D eigenvalue weighted by molar-refractivity contribution is 7.90. The Morgan fingerprint density at radius 2 is 1.95 bits per heavy atom. The van der Waals surface area contributed by atoms with Crippen LogP contribution in [0.2, 0.25) is 5.02 Å². The van der Waals surface area contributed by atoms with Crippen LogP contribution in [-0.2, 0) is 9.84 Å². The largest absolute Gasteiger partial charge is 0.388 e. The lowest BCUT2D eigenvalue weighted by Gasteiger charge is -2.19. The molecule has 0 aliphatic carbocycles. The molecule has 0 radical (unpaired) electrons. The van der Waals surface area contributed by atoms with Gasteiger partial charge in [-0.05, 0) is 25.1 Å². The van der Waals surface area contributed by atoms with E-state index in [-0.39, 0.29) is 5.75 Å². The van der Waals surface area contributed by atoms with Crippen LogP contribution in [0.25, 0.3) is 0 Å². The van der Waals surface area contributed by atoms with Gasteiger partial charge in [0, 0.05) is 24.4 Å². The number of rotatable bonds is 7. The van der Waals surface area contributed by atoms with E-state index in [1.165, 1.54) is 6.26 Å². The molecule has 4 nitrogen and oxygen atoms in total. The third-order valence-electron chi connectivity index (χ3n) is 2.89. The smallest absolute Gasteiger partial charge is 0.148 e. The van der Waals surface area contributed by atoms with Crippen LogP contribution in [0.1, 0.15) is 18.1 Å². The summed E-state index contributed by atoms with van der Waals surface area (Å²) in [6.07, 6.45) is 1.11. The van der Waals surface area contributed by atoms with E-state index in [4.69, 9.17) is 11.6 Å². The number of benzene rings is 1. The molecule has 1 N–H and O–H groups in total. The second-order valence-corrected chi connectivity index (χ2v) is 7.43. The van der Waals surface area contributed by atoms with Gasteiger partial charge in [-0.15, -0.1) is 0 Å². The molecule has 0 heterocycles. The first kappa shape index (κ1) is 16.4. The zero-order valence-corrected chi connectivity index (χ0v) is 12.8. The van der Waals surface area contributed by atoms with Crippen molar-refractivity contribution in [2.24, 2.45) is 0 Å². The van der Waals surface area contributed by atoms with E-state index in [1.54, 1.807) is 12.1 Å². The van der Waals surface area contributed by atoms with Crippen molar-refractivity contribution in [3.8, 4) is 0 Å². The van der Waals surface area contributed by atoms with Crippen molar-refractivity contribution >= 4 is 21.4 Å². The maximum absolute atomic E-state index is 11.0. The standard InChI is InChI=1S/C13H20ClNO3S/c1-15(9-10-19(2,17)18)8-7-13(16)11-5-3-4-6-12(11)14/h3-6,13,16H,7-10H2,1-2H3. The van der Waals surface area contributed by atoms with Crippen LogP contribution in [0.15, 0.2) is 24.3 Å². The molecule has 0 aliphatic heterocycles. The third kappa shape index (κ3) is 6.38. The molecule has 0 spiro atoms. The summed E-state index contributed by atoms with van der Waals surface area (Å²) in [5.41, 5.74) is 0.709. The fraction of sp³-hybridized carbons (Fsp3) is 0.538. The van der Waals surface area contributed by atoms with E-state index in [2.05, 4.69) is 0 Å². The van der Waals surface area contributed by atoms with Crippen molar-refractivity contribution in [3.05, 3.63) is 34.9 Å². The summed E-state index contributed by atoms with van der Waals surface area (Å²) < 4.78 is 22.1. The number of sulfone groups is 1. The van der Waals surface area contributed by atoms with Gasteiger partial charge >= 0.3 is 0 Å². The molecule has 0 fully saturated rings. The van der Waals surface area contributed by atoms with E-state index >= 15 is 0 Å². The molecular weight excluding hydrogens is 286 g/mol. The first-order valence-electron chi connectivity index (χ1n) is 6.08. The zero-order valence-electron chi connectivity index (χ0n) is 11.2. The van der Waals surface area contributed by atoms with Crippen LogP contribution in [0, 0.1) is 0 Å². The van der Waals surface area contributed by atoms with Gasteiger partial charge in [0.05, 0.1) is 11.9 Å². The summed E-state index contributed by atoms with van der Waals surface area (Å²) in [4.78, 5) is 1.89. The zero-order chi connectivity index (χ0) is 14.5. The second-order valence-electron chi connectivity index (χ2n) is 4.76. The molecule has 1 aromatic carbocycles. The molecule has 0 aromatic heterocycles. The number of hydrogen-bond donors (Lipinski definition) is 1. The minimum absolute atomic E-state index is 0.131. The van der Waals surface area contributed by atoms with Gasteiger partial charge in [0.25, 0.3) is 0 Å². The highest BCUT2D eigenvalue weighted by Gasteiger charge is 2.12. The Morgan fingerprint density at radius 1 is 1.32 bits per heavy atom. The number of halogens is 1. The molecule has 108 valence electrons. The van der Waals surface area contributed by atoms with Gasteiger partial charge in [0.15, 0.2) is 0 Å². The summed E-state index contributed by atoms with van der Waals surface area (Å²) in [7, 11) is -1.10. The van der Waals surface area contributed by atoms with Crippen molar-refractivity contribution in [3.63, 3.8) is 0 Å². The molecule has 1 unspecified atom stereocenters. The van der Waals surface area contributed by atoms with Crippen LogP contribution >= 0.6 is 11.6 Å². The van der Waals surface area contributed by atoms with E-state index < -0.39 is 15.9 Å². The van der Waals surface area contributed by atoms with Gasteiger partial charge < -0.3 is 10.0 Å². The third-order valence-corrected chi connectivity index (χ3v) is 4.16. The summed E-state index contributed by atoms with van der Waals surface area (Å²) >= 11 is 6.00.